The van der Waals surface area contributed by atoms with Crippen LogP contribution in [0, 0.1) is 0 Å². The Balaban J connectivity index is 1.63. The minimum absolute atomic E-state index is 0.294. The Bertz CT molecular complexity index is 927. The van der Waals surface area contributed by atoms with Gasteiger partial charge in [0.05, 0.1) is 5.25 Å². The van der Waals surface area contributed by atoms with Crippen LogP contribution in [0.3, 0.4) is 0 Å². The van der Waals surface area contributed by atoms with Crippen LogP contribution in [0.4, 0.5) is 0 Å². The third kappa shape index (κ3) is 4.20. The average Bonchev–Trinajstić information content (AvgIpc) is 3.11. The minimum Gasteiger partial charge on any atom is -0.272 e. The normalized spacial score (nSPS) is 11.9. The number of carbonyl (C=O) groups is 2. The molecule has 6 nitrogen and oxygen atoms in total. The molecule has 1 atom stereocenters. The number of carbonyl (C=O) groups excluding carboxylic acids is 2. The van der Waals surface area contributed by atoms with Crippen molar-refractivity contribution < 1.29 is 9.59 Å². The lowest BCUT2D eigenvalue weighted by Crippen LogP contribution is -2.44. The number of nitrogens with one attached hydrogen (secondary N) is 2. The molecule has 2 N–H and O–H groups in total. The predicted octanol–water partition coefficient (Wildman–Crippen LogP) is 3.20. The van der Waals surface area contributed by atoms with Gasteiger partial charge in [-0.2, -0.15) is 0 Å². The number of fused-ring (bicyclic) bond motifs is 1. The summed E-state index contributed by atoms with van der Waals surface area (Å²) in [5, 5.41) is 1.31. The van der Waals surface area contributed by atoms with Gasteiger partial charge in [0.2, 0.25) is 0 Å². The Morgan fingerprint density at radius 2 is 1.96 bits per heavy atom. The van der Waals surface area contributed by atoms with Crippen LogP contribution in [-0.2, 0) is 11.2 Å². The van der Waals surface area contributed by atoms with Gasteiger partial charge in [0.25, 0.3) is 11.8 Å². The summed E-state index contributed by atoms with van der Waals surface area (Å²) >= 11 is 2.98. The first-order valence-electron chi connectivity index (χ1n) is 8.13. The van der Waals surface area contributed by atoms with E-state index in [1.807, 2.05) is 6.07 Å². The van der Waals surface area contributed by atoms with Gasteiger partial charge in [-0.3, -0.25) is 20.4 Å². The van der Waals surface area contributed by atoms with E-state index in [0.717, 1.165) is 21.7 Å². The Kier molecular flexibility index (Phi) is 5.85. The second-order valence-electron chi connectivity index (χ2n) is 5.53. The maximum Gasteiger partial charge on any atom is 0.269 e. The molecule has 0 aliphatic rings. The molecular weight excluding hydrogens is 368 g/mol. The number of aromatic nitrogens is 2. The SMILES string of the molecule is CCc1cc2c(S[C@H](C)C(=O)NNC(=O)c3ccccc3)ncnc2s1. The smallest absolute Gasteiger partial charge is 0.269 e. The van der Waals surface area contributed by atoms with Crippen molar-refractivity contribution in [2.75, 3.05) is 0 Å². The fourth-order valence-corrected chi connectivity index (χ4v) is 4.15. The van der Waals surface area contributed by atoms with Crippen LogP contribution in [0.25, 0.3) is 10.2 Å². The second kappa shape index (κ2) is 8.29. The van der Waals surface area contributed by atoms with E-state index in [9.17, 15) is 9.59 Å². The quantitative estimate of drug-likeness (QED) is 0.400. The number of thiophene rings is 1. The fraction of sp³-hybridized carbons (Fsp3) is 0.222. The van der Waals surface area contributed by atoms with E-state index in [1.165, 1.54) is 23.0 Å². The maximum absolute atomic E-state index is 12.3. The molecule has 3 aromatic rings. The highest BCUT2D eigenvalue weighted by molar-refractivity contribution is 8.00. The lowest BCUT2D eigenvalue weighted by atomic mass is 10.2. The van der Waals surface area contributed by atoms with Crippen molar-refractivity contribution in [1.29, 1.82) is 0 Å². The summed E-state index contributed by atoms with van der Waals surface area (Å²) in [7, 11) is 0. The molecule has 134 valence electrons. The van der Waals surface area contributed by atoms with Gasteiger partial charge in [-0.15, -0.1) is 11.3 Å². The minimum atomic E-state index is -0.422. The van der Waals surface area contributed by atoms with E-state index in [4.69, 9.17) is 0 Å². The first-order chi connectivity index (χ1) is 12.6. The molecule has 2 aromatic heterocycles. The Morgan fingerprint density at radius 1 is 1.19 bits per heavy atom. The summed E-state index contributed by atoms with van der Waals surface area (Å²) in [6.07, 6.45) is 2.45. The van der Waals surface area contributed by atoms with Crippen molar-refractivity contribution in [3.8, 4) is 0 Å². The molecule has 2 amide bonds. The first-order valence-corrected chi connectivity index (χ1v) is 9.83. The molecule has 3 rings (SSSR count). The summed E-state index contributed by atoms with van der Waals surface area (Å²) in [6, 6.07) is 10.8. The van der Waals surface area contributed by atoms with Gasteiger partial charge < -0.3 is 0 Å². The number of aryl methyl sites for hydroxylation is 1. The van der Waals surface area contributed by atoms with E-state index >= 15 is 0 Å². The molecule has 0 fully saturated rings. The van der Waals surface area contributed by atoms with Crippen molar-refractivity contribution in [2.45, 2.75) is 30.5 Å². The highest BCUT2D eigenvalue weighted by Crippen LogP contribution is 2.32. The van der Waals surface area contributed by atoms with Crippen molar-refractivity contribution >= 4 is 45.1 Å². The molecule has 0 bridgehead atoms. The van der Waals surface area contributed by atoms with Crippen molar-refractivity contribution in [2.24, 2.45) is 0 Å². The molecule has 0 aliphatic heterocycles. The molecule has 0 radical (unpaired) electrons. The highest BCUT2D eigenvalue weighted by atomic mass is 32.2. The fourth-order valence-electron chi connectivity index (χ4n) is 2.25. The van der Waals surface area contributed by atoms with Gasteiger partial charge in [-0.05, 0) is 31.5 Å². The number of rotatable bonds is 5. The van der Waals surface area contributed by atoms with Crippen LogP contribution in [0.15, 0.2) is 47.8 Å². The summed E-state index contributed by atoms with van der Waals surface area (Å²) in [5.74, 6) is -0.650. The number of hydrazine groups is 1. The molecule has 0 saturated carbocycles. The van der Waals surface area contributed by atoms with Gasteiger partial charge in [0, 0.05) is 15.8 Å². The monoisotopic (exact) mass is 386 g/mol. The number of hydrogen-bond donors (Lipinski definition) is 2. The predicted molar refractivity (Wildman–Crippen MR) is 104 cm³/mol. The molecule has 0 aliphatic carbocycles. The molecule has 0 spiro atoms. The number of nitrogens with zero attached hydrogens (tertiary/aromatic N) is 2. The van der Waals surface area contributed by atoms with E-state index < -0.39 is 5.25 Å². The summed E-state index contributed by atoms with van der Waals surface area (Å²) < 4.78 is 0. The summed E-state index contributed by atoms with van der Waals surface area (Å²) in [5.41, 5.74) is 5.38. The molecule has 2 heterocycles. The number of benzene rings is 1. The van der Waals surface area contributed by atoms with E-state index in [0.29, 0.717) is 5.56 Å². The lowest BCUT2D eigenvalue weighted by Gasteiger charge is -2.12. The van der Waals surface area contributed by atoms with E-state index in [1.54, 1.807) is 42.5 Å². The zero-order valence-corrected chi connectivity index (χ0v) is 16.0. The second-order valence-corrected chi connectivity index (χ2v) is 7.98. The Labute approximate surface area is 159 Å². The largest absolute Gasteiger partial charge is 0.272 e. The lowest BCUT2D eigenvalue weighted by molar-refractivity contribution is -0.121. The molecule has 8 heteroatoms. The summed E-state index contributed by atoms with van der Waals surface area (Å²) in [6.45, 7) is 3.87. The molecular formula is C18H18N4O2S2. The third-order valence-electron chi connectivity index (χ3n) is 3.69. The Morgan fingerprint density at radius 3 is 2.69 bits per heavy atom. The van der Waals surface area contributed by atoms with Crippen LogP contribution in [0.2, 0.25) is 0 Å². The van der Waals surface area contributed by atoms with Crippen molar-refractivity contribution in [1.82, 2.24) is 20.8 Å². The number of amides is 2. The molecule has 1 aromatic carbocycles. The number of hydrogen-bond acceptors (Lipinski definition) is 6. The standard InChI is InChI=1S/C18H18N4O2S2/c1-3-13-9-14-17(19-10-20-18(14)26-13)25-11(2)15(23)21-22-16(24)12-7-5-4-6-8-12/h4-11H,3H2,1-2H3,(H,21,23)(H,22,24)/t11-/m1/s1. The summed E-state index contributed by atoms with van der Waals surface area (Å²) in [4.78, 5) is 35.0. The van der Waals surface area contributed by atoms with E-state index in [2.05, 4.69) is 33.8 Å². The van der Waals surface area contributed by atoms with E-state index in [-0.39, 0.29) is 11.8 Å². The van der Waals surface area contributed by atoms with Gasteiger partial charge in [0.1, 0.15) is 16.2 Å². The maximum atomic E-state index is 12.3. The van der Waals surface area contributed by atoms with Crippen LogP contribution in [0.1, 0.15) is 29.1 Å². The molecule has 0 saturated heterocycles. The highest BCUT2D eigenvalue weighted by Gasteiger charge is 2.18. The van der Waals surface area contributed by atoms with Crippen LogP contribution >= 0.6 is 23.1 Å². The molecule has 0 unspecified atom stereocenters. The number of thioether (sulfide) groups is 1. The zero-order chi connectivity index (χ0) is 18.5. The van der Waals surface area contributed by atoms with Crippen molar-refractivity contribution in [3.05, 3.63) is 53.2 Å². The van der Waals surface area contributed by atoms with Gasteiger partial charge in [-0.25, -0.2) is 9.97 Å². The van der Waals surface area contributed by atoms with Gasteiger partial charge in [-0.1, -0.05) is 36.9 Å². The van der Waals surface area contributed by atoms with Gasteiger partial charge in [0.15, 0.2) is 0 Å². The van der Waals surface area contributed by atoms with Gasteiger partial charge >= 0.3 is 0 Å². The van der Waals surface area contributed by atoms with Crippen LogP contribution < -0.4 is 10.9 Å². The van der Waals surface area contributed by atoms with Crippen LogP contribution in [0.5, 0.6) is 0 Å². The average molecular weight is 387 g/mol. The van der Waals surface area contributed by atoms with Crippen LogP contribution in [-0.4, -0.2) is 27.0 Å². The Hall–Kier alpha value is -2.45. The first kappa shape index (κ1) is 18.3. The molecule has 26 heavy (non-hydrogen) atoms. The topological polar surface area (TPSA) is 84.0 Å². The van der Waals surface area contributed by atoms with Crippen molar-refractivity contribution in [3.63, 3.8) is 0 Å². The zero-order valence-electron chi connectivity index (χ0n) is 14.4. The third-order valence-corrected chi connectivity index (χ3v) is 5.99.